The summed E-state index contributed by atoms with van der Waals surface area (Å²) in [6.07, 6.45) is 0. The second-order valence-electron chi connectivity index (χ2n) is 8.88. The molecule has 0 atom stereocenters. The Morgan fingerprint density at radius 2 is 1.61 bits per heavy atom. The van der Waals surface area contributed by atoms with Crippen molar-refractivity contribution in [1.82, 2.24) is 9.78 Å². The second-order valence-corrected chi connectivity index (χ2v) is 9.24. The molecule has 1 fully saturated rings. The van der Waals surface area contributed by atoms with Gasteiger partial charge in [0.2, 0.25) is 0 Å². The number of ether oxygens (including phenoxy) is 2. The van der Waals surface area contributed by atoms with E-state index in [1.165, 1.54) is 18.5 Å². The van der Waals surface area contributed by atoms with E-state index in [1.54, 1.807) is 30.3 Å². The van der Waals surface area contributed by atoms with Crippen LogP contribution in [0.25, 0.3) is 16.6 Å². The zero-order valence-corrected chi connectivity index (χ0v) is 20.0. The minimum absolute atomic E-state index is 0.254. The average molecular weight is 471 g/mol. The third-order valence-corrected chi connectivity index (χ3v) is 6.20. The molecule has 33 heavy (non-hydrogen) atoms. The summed E-state index contributed by atoms with van der Waals surface area (Å²) in [7, 11) is -0.628. The highest BCUT2D eigenvalue weighted by Crippen LogP contribution is 2.37. The van der Waals surface area contributed by atoms with Crippen LogP contribution in [0.5, 0.6) is 11.5 Å². The molecular weight excluding hydrogens is 447 g/mol. The molecule has 0 N–H and O–H groups in total. The molecule has 1 aliphatic rings. The number of aromatic nitrogens is 2. The quantitative estimate of drug-likeness (QED) is 0.325. The van der Waals surface area contributed by atoms with Crippen LogP contribution in [-0.2, 0) is 18.9 Å². The lowest BCUT2D eigenvalue weighted by molar-refractivity contribution is -0.132. The number of benzene rings is 2. The maximum absolute atomic E-state index is 11.8. The zero-order valence-electron chi connectivity index (χ0n) is 19.3. The SMILES string of the molecule is CC(=O)Oc1ccc2nn(-c3ccc(B4OC(C)(C)C(C)(C)O4)cc3OC(C)=O)c(Cl)c2c1. The van der Waals surface area contributed by atoms with E-state index in [1.807, 2.05) is 33.8 Å². The van der Waals surface area contributed by atoms with Crippen LogP contribution in [0.3, 0.4) is 0 Å². The van der Waals surface area contributed by atoms with Crippen molar-refractivity contribution < 1.29 is 28.4 Å². The van der Waals surface area contributed by atoms with Gasteiger partial charge >= 0.3 is 19.1 Å². The molecule has 0 aliphatic carbocycles. The van der Waals surface area contributed by atoms with Gasteiger partial charge in [-0.25, -0.2) is 4.68 Å². The number of carbonyl (C=O) groups is 2. The highest BCUT2D eigenvalue weighted by Gasteiger charge is 2.51. The lowest BCUT2D eigenvalue weighted by Crippen LogP contribution is -2.41. The van der Waals surface area contributed by atoms with Crippen LogP contribution in [-0.4, -0.2) is 40.0 Å². The van der Waals surface area contributed by atoms with Gasteiger partial charge in [0.05, 0.1) is 16.7 Å². The lowest BCUT2D eigenvalue weighted by atomic mass is 9.79. The Morgan fingerprint density at radius 3 is 2.21 bits per heavy atom. The number of hydrogen-bond acceptors (Lipinski definition) is 7. The van der Waals surface area contributed by atoms with E-state index in [4.69, 9.17) is 30.4 Å². The van der Waals surface area contributed by atoms with Gasteiger partial charge in [-0.2, -0.15) is 5.10 Å². The third-order valence-electron chi connectivity index (χ3n) is 5.84. The fourth-order valence-electron chi connectivity index (χ4n) is 3.49. The molecule has 0 radical (unpaired) electrons. The van der Waals surface area contributed by atoms with Crippen LogP contribution in [0.1, 0.15) is 41.5 Å². The molecular formula is C23H24BClN2O6. The van der Waals surface area contributed by atoms with Crippen molar-refractivity contribution in [1.29, 1.82) is 0 Å². The molecule has 1 saturated heterocycles. The molecule has 1 aromatic heterocycles. The Bertz CT molecular complexity index is 1250. The van der Waals surface area contributed by atoms with Gasteiger partial charge in [0.25, 0.3) is 0 Å². The molecule has 1 aliphatic heterocycles. The van der Waals surface area contributed by atoms with Gasteiger partial charge in [-0.05, 0) is 63.5 Å². The van der Waals surface area contributed by atoms with Gasteiger partial charge in [-0.15, -0.1) is 0 Å². The maximum atomic E-state index is 11.8. The predicted molar refractivity (Wildman–Crippen MR) is 124 cm³/mol. The number of nitrogens with zero attached hydrogens (tertiary/aromatic N) is 2. The summed E-state index contributed by atoms with van der Waals surface area (Å²) in [5, 5.41) is 5.39. The van der Waals surface area contributed by atoms with E-state index < -0.39 is 30.3 Å². The van der Waals surface area contributed by atoms with Gasteiger partial charge in [-0.1, -0.05) is 17.7 Å². The number of rotatable bonds is 4. The molecule has 2 aromatic carbocycles. The topological polar surface area (TPSA) is 88.9 Å². The fourth-order valence-corrected chi connectivity index (χ4v) is 3.77. The predicted octanol–water partition coefficient (Wildman–Crippen LogP) is 3.83. The third kappa shape index (κ3) is 4.36. The summed E-state index contributed by atoms with van der Waals surface area (Å²) < 4.78 is 24.3. The van der Waals surface area contributed by atoms with Gasteiger partial charge in [0.1, 0.15) is 16.6 Å². The summed E-state index contributed by atoms with van der Waals surface area (Å²) in [6, 6.07) is 10.2. The van der Waals surface area contributed by atoms with E-state index in [0.717, 1.165) is 0 Å². The van der Waals surface area contributed by atoms with Crippen molar-refractivity contribution in [3.05, 3.63) is 41.6 Å². The second kappa shape index (κ2) is 8.16. The van der Waals surface area contributed by atoms with Crippen LogP contribution < -0.4 is 14.9 Å². The van der Waals surface area contributed by atoms with Gasteiger partial charge in [-0.3, -0.25) is 9.59 Å². The molecule has 4 rings (SSSR count). The lowest BCUT2D eigenvalue weighted by Gasteiger charge is -2.32. The summed E-state index contributed by atoms with van der Waals surface area (Å²) in [6.45, 7) is 10.5. The molecule has 8 nitrogen and oxygen atoms in total. The average Bonchev–Trinajstić information content (AvgIpc) is 3.13. The van der Waals surface area contributed by atoms with E-state index in [2.05, 4.69) is 5.10 Å². The van der Waals surface area contributed by atoms with Gasteiger partial charge in [0, 0.05) is 19.2 Å². The standard InChI is InChI=1S/C23H24BClN2O6/c1-13(28)30-16-8-9-18-17(12-16)21(25)27(26-18)19-10-7-15(11-20(19)31-14(2)29)24-32-22(3,4)23(5,6)33-24/h7-12H,1-6H3. The molecule has 172 valence electrons. The Kier molecular flexibility index (Phi) is 5.76. The first-order valence-corrected chi connectivity index (χ1v) is 10.8. The Hall–Kier alpha value is -2.88. The van der Waals surface area contributed by atoms with Crippen molar-refractivity contribution in [3.63, 3.8) is 0 Å². The summed E-state index contributed by atoms with van der Waals surface area (Å²) in [5.41, 5.74) is 0.709. The smallest absolute Gasteiger partial charge is 0.427 e. The first kappa shape index (κ1) is 23.3. The van der Waals surface area contributed by atoms with E-state index in [0.29, 0.717) is 27.8 Å². The van der Waals surface area contributed by atoms with Crippen molar-refractivity contribution in [2.75, 3.05) is 0 Å². The molecule has 0 unspecified atom stereocenters. The first-order chi connectivity index (χ1) is 15.4. The molecule has 0 spiro atoms. The number of esters is 2. The van der Waals surface area contributed by atoms with Crippen LogP contribution in [0, 0.1) is 0 Å². The fraction of sp³-hybridized carbons (Fsp3) is 0.348. The molecule has 0 bridgehead atoms. The molecule has 0 amide bonds. The summed E-state index contributed by atoms with van der Waals surface area (Å²) >= 11 is 6.62. The highest BCUT2D eigenvalue weighted by atomic mass is 35.5. The normalized spacial score (nSPS) is 16.8. The van der Waals surface area contributed by atoms with Gasteiger partial charge in [0.15, 0.2) is 5.75 Å². The van der Waals surface area contributed by atoms with Crippen molar-refractivity contribution in [2.24, 2.45) is 0 Å². The van der Waals surface area contributed by atoms with Crippen molar-refractivity contribution in [2.45, 2.75) is 52.7 Å². The molecule has 0 saturated carbocycles. The molecule has 3 aromatic rings. The number of hydrogen-bond donors (Lipinski definition) is 0. The maximum Gasteiger partial charge on any atom is 0.494 e. The van der Waals surface area contributed by atoms with Crippen molar-refractivity contribution >= 4 is 47.0 Å². The molecule has 10 heteroatoms. The van der Waals surface area contributed by atoms with Gasteiger partial charge < -0.3 is 18.8 Å². The van der Waals surface area contributed by atoms with Crippen LogP contribution in [0.15, 0.2) is 36.4 Å². The van der Waals surface area contributed by atoms with Crippen LogP contribution >= 0.6 is 11.6 Å². The van der Waals surface area contributed by atoms with Crippen molar-refractivity contribution in [3.8, 4) is 17.2 Å². The van der Waals surface area contributed by atoms with E-state index in [-0.39, 0.29) is 10.9 Å². The van der Waals surface area contributed by atoms with Crippen LogP contribution in [0.4, 0.5) is 0 Å². The van der Waals surface area contributed by atoms with E-state index >= 15 is 0 Å². The Labute approximate surface area is 196 Å². The monoisotopic (exact) mass is 470 g/mol. The Balaban J connectivity index is 1.78. The summed E-state index contributed by atoms with van der Waals surface area (Å²) in [4.78, 5) is 23.1. The molecule has 2 heterocycles. The minimum Gasteiger partial charge on any atom is -0.427 e. The Morgan fingerprint density at radius 1 is 0.970 bits per heavy atom. The highest BCUT2D eigenvalue weighted by molar-refractivity contribution is 6.62. The van der Waals surface area contributed by atoms with Crippen LogP contribution in [0.2, 0.25) is 5.15 Å². The minimum atomic E-state index is -0.628. The number of fused-ring (bicyclic) bond motifs is 1. The zero-order chi connectivity index (χ0) is 24.1. The number of carbonyl (C=O) groups excluding carboxylic acids is 2. The number of halogens is 1. The van der Waals surface area contributed by atoms with E-state index in [9.17, 15) is 9.59 Å². The first-order valence-electron chi connectivity index (χ1n) is 10.4. The largest absolute Gasteiger partial charge is 0.494 e. The summed E-state index contributed by atoms with van der Waals surface area (Å²) in [5.74, 6) is -0.321.